The lowest BCUT2D eigenvalue weighted by Crippen LogP contribution is -2.30. The summed E-state index contributed by atoms with van der Waals surface area (Å²) in [6, 6.07) is 10.4. The van der Waals surface area contributed by atoms with Crippen LogP contribution in [0.5, 0.6) is 0 Å². The molecule has 4 heteroatoms. The molecule has 1 aromatic carbocycles. The summed E-state index contributed by atoms with van der Waals surface area (Å²) in [6.07, 6.45) is 21.9. The molecule has 1 saturated carbocycles. The average molecular weight is 563 g/mol. The highest BCUT2D eigenvalue weighted by Crippen LogP contribution is 2.49. The number of hydrogen-bond donors (Lipinski definition) is 0. The van der Waals surface area contributed by atoms with Crippen molar-refractivity contribution in [1.29, 1.82) is 0 Å². The van der Waals surface area contributed by atoms with Crippen LogP contribution < -0.4 is 0 Å². The number of hydrogen-bond acceptors (Lipinski definition) is 4. The molecule has 2 fully saturated rings. The molecule has 0 bridgehead atoms. The summed E-state index contributed by atoms with van der Waals surface area (Å²) in [5, 5.41) is 0. The van der Waals surface area contributed by atoms with Crippen molar-refractivity contribution >= 4 is 5.78 Å². The zero-order valence-electron chi connectivity index (χ0n) is 25.9. The van der Waals surface area contributed by atoms with Gasteiger partial charge in [-0.1, -0.05) is 73.1 Å². The Balaban J connectivity index is 1.23. The first-order valence-corrected chi connectivity index (χ1v) is 16.4. The number of benzene rings is 1. The van der Waals surface area contributed by atoms with Crippen molar-refractivity contribution in [3.05, 3.63) is 71.3 Å². The van der Waals surface area contributed by atoms with E-state index in [2.05, 4.69) is 63.3 Å². The highest BCUT2D eigenvalue weighted by atomic mass is 16.7. The first kappa shape index (κ1) is 31.9. The maximum Gasteiger partial charge on any atom is 0.157 e. The standard InChI is InChI=1S/C37H54O4/c1-28(2)13-12-14-29(3)23-33(38)19-20-34-35-25-31(17-8-5-10-21-39-27-30-15-6-4-7-16-30)24-32(35)26-36(34)41-37-18-9-11-22-40-37/h4,6-7,13,15-16,19-20,24,29,32,34-37H,5,8-12,14,17-18,21-23,25-27H2,1-3H3/t29-,32-,34-,35-,36-,37?/m1/s1. The van der Waals surface area contributed by atoms with Crippen LogP contribution in [0, 0.1) is 23.7 Å². The van der Waals surface area contributed by atoms with E-state index in [1.807, 2.05) is 12.1 Å². The maximum atomic E-state index is 12.9. The third kappa shape index (κ3) is 11.0. The van der Waals surface area contributed by atoms with Gasteiger partial charge in [0.05, 0.1) is 12.7 Å². The lowest BCUT2D eigenvalue weighted by atomic mass is 9.88. The van der Waals surface area contributed by atoms with Crippen molar-refractivity contribution in [3.8, 4) is 0 Å². The minimum absolute atomic E-state index is 0.0816. The van der Waals surface area contributed by atoms with E-state index in [1.165, 1.54) is 36.8 Å². The largest absolute Gasteiger partial charge is 0.377 e. The van der Waals surface area contributed by atoms with Crippen molar-refractivity contribution in [1.82, 2.24) is 0 Å². The van der Waals surface area contributed by atoms with Crippen molar-refractivity contribution in [2.24, 2.45) is 23.7 Å². The number of unbranched alkanes of at least 4 members (excludes halogenated alkanes) is 2. The molecule has 4 nitrogen and oxygen atoms in total. The highest BCUT2D eigenvalue weighted by molar-refractivity contribution is 5.89. The van der Waals surface area contributed by atoms with Gasteiger partial charge in [0.2, 0.25) is 0 Å². The Morgan fingerprint density at radius 1 is 1.12 bits per heavy atom. The first-order valence-electron chi connectivity index (χ1n) is 16.4. The normalized spacial score (nSPS) is 26.6. The van der Waals surface area contributed by atoms with E-state index in [4.69, 9.17) is 14.2 Å². The molecule has 2 aliphatic carbocycles. The number of carbonyl (C=O) groups is 1. The van der Waals surface area contributed by atoms with Gasteiger partial charge in [0.15, 0.2) is 12.1 Å². The second-order valence-corrected chi connectivity index (χ2v) is 13.0. The highest BCUT2D eigenvalue weighted by Gasteiger charge is 2.45. The molecule has 4 rings (SSSR count). The van der Waals surface area contributed by atoms with E-state index in [0.717, 1.165) is 58.2 Å². The molecule has 6 atom stereocenters. The summed E-state index contributed by atoms with van der Waals surface area (Å²) in [5.74, 6) is 2.06. The Kier molecular flexibility index (Phi) is 13.4. The van der Waals surface area contributed by atoms with Crippen molar-refractivity contribution in [2.75, 3.05) is 13.2 Å². The van der Waals surface area contributed by atoms with E-state index < -0.39 is 0 Å². The minimum Gasteiger partial charge on any atom is -0.377 e. The molecule has 3 aliphatic rings. The average Bonchev–Trinajstić information content (AvgIpc) is 3.49. The van der Waals surface area contributed by atoms with Gasteiger partial charge in [0, 0.05) is 25.6 Å². The van der Waals surface area contributed by atoms with Gasteiger partial charge in [-0.05, 0) is 107 Å². The Morgan fingerprint density at radius 3 is 2.76 bits per heavy atom. The Morgan fingerprint density at radius 2 is 1.98 bits per heavy atom. The summed E-state index contributed by atoms with van der Waals surface area (Å²) in [6.45, 7) is 8.81. The van der Waals surface area contributed by atoms with Crippen LogP contribution in [0.2, 0.25) is 0 Å². The second kappa shape index (κ2) is 17.2. The third-order valence-corrected chi connectivity index (χ3v) is 9.05. The lowest BCUT2D eigenvalue weighted by Gasteiger charge is -2.29. The van der Waals surface area contributed by atoms with E-state index in [0.29, 0.717) is 30.8 Å². The zero-order valence-corrected chi connectivity index (χ0v) is 25.9. The van der Waals surface area contributed by atoms with Gasteiger partial charge in [0.25, 0.3) is 0 Å². The van der Waals surface area contributed by atoms with E-state index in [9.17, 15) is 4.79 Å². The molecule has 1 saturated heterocycles. The third-order valence-electron chi connectivity index (χ3n) is 9.05. The van der Waals surface area contributed by atoms with Crippen LogP contribution in [0.1, 0.15) is 103 Å². The molecule has 41 heavy (non-hydrogen) atoms. The molecule has 0 aromatic heterocycles. The lowest BCUT2D eigenvalue weighted by molar-refractivity contribution is -0.192. The number of ether oxygens (including phenoxy) is 3. The van der Waals surface area contributed by atoms with Crippen molar-refractivity contribution in [3.63, 3.8) is 0 Å². The van der Waals surface area contributed by atoms with Crippen LogP contribution in [0.3, 0.4) is 0 Å². The Labute approximate surface area is 249 Å². The number of ketones is 1. The molecular formula is C37H54O4. The molecule has 1 aliphatic heterocycles. The fourth-order valence-corrected chi connectivity index (χ4v) is 6.81. The van der Waals surface area contributed by atoms with Crippen LogP contribution >= 0.6 is 0 Å². The summed E-state index contributed by atoms with van der Waals surface area (Å²) in [4.78, 5) is 12.9. The molecular weight excluding hydrogens is 508 g/mol. The van der Waals surface area contributed by atoms with Gasteiger partial charge in [-0.3, -0.25) is 4.79 Å². The molecule has 0 spiro atoms. The van der Waals surface area contributed by atoms with Crippen LogP contribution in [0.4, 0.5) is 0 Å². The van der Waals surface area contributed by atoms with Crippen LogP contribution in [-0.2, 0) is 25.6 Å². The summed E-state index contributed by atoms with van der Waals surface area (Å²) in [5.41, 5.74) is 4.20. The second-order valence-electron chi connectivity index (χ2n) is 13.0. The molecule has 1 heterocycles. The number of allylic oxidation sites excluding steroid dienone is 5. The van der Waals surface area contributed by atoms with Crippen LogP contribution in [0.25, 0.3) is 0 Å². The maximum absolute atomic E-state index is 12.9. The summed E-state index contributed by atoms with van der Waals surface area (Å²) < 4.78 is 18.4. The quantitative estimate of drug-likeness (QED) is 0.108. The van der Waals surface area contributed by atoms with E-state index in [1.54, 1.807) is 5.57 Å². The molecule has 1 unspecified atom stereocenters. The molecule has 1 aromatic rings. The van der Waals surface area contributed by atoms with Gasteiger partial charge in [-0.15, -0.1) is 0 Å². The van der Waals surface area contributed by atoms with Gasteiger partial charge < -0.3 is 14.2 Å². The SMILES string of the molecule is CC(C)=CCC[C@@H](C)CC(=O)C=C[C@@H]1[C@@H]2CC(CCCCCOCc3ccccc3)=C[C@@H]2C[C@H]1OC1CCCCO1. The number of fused-ring (bicyclic) bond motifs is 1. The zero-order chi connectivity index (χ0) is 28.9. The number of carbonyl (C=O) groups excluding carboxylic acids is 1. The fraction of sp³-hybridized carbons (Fsp3) is 0.649. The van der Waals surface area contributed by atoms with Crippen molar-refractivity contribution < 1.29 is 19.0 Å². The van der Waals surface area contributed by atoms with Gasteiger partial charge >= 0.3 is 0 Å². The van der Waals surface area contributed by atoms with Gasteiger partial charge in [-0.2, -0.15) is 0 Å². The fourth-order valence-electron chi connectivity index (χ4n) is 6.81. The topological polar surface area (TPSA) is 44.8 Å². The van der Waals surface area contributed by atoms with Gasteiger partial charge in [-0.25, -0.2) is 0 Å². The van der Waals surface area contributed by atoms with Crippen LogP contribution in [0.15, 0.2) is 65.8 Å². The Hall–Kier alpha value is -2.01. The molecule has 0 radical (unpaired) electrons. The van der Waals surface area contributed by atoms with E-state index >= 15 is 0 Å². The first-order chi connectivity index (χ1) is 20.0. The van der Waals surface area contributed by atoms with Crippen molar-refractivity contribution in [2.45, 2.75) is 117 Å². The Bertz CT molecular complexity index is 999. The smallest absolute Gasteiger partial charge is 0.157 e. The summed E-state index contributed by atoms with van der Waals surface area (Å²) >= 11 is 0. The molecule has 0 amide bonds. The summed E-state index contributed by atoms with van der Waals surface area (Å²) in [7, 11) is 0. The monoisotopic (exact) mass is 562 g/mol. The predicted octanol–water partition coefficient (Wildman–Crippen LogP) is 9.16. The van der Waals surface area contributed by atoms with Gasteiger partial charge in [0.1, 0.15) is 0 Å². The van der Waals surface area contributed by atoms with Crippen LogP contribution in [-0.4, -0.2) is 31.4 Å². The predicted molar refractivity (Wildman–Crippen MR) is 167 cm³/mol. The number of rotatable bonds is 17. The van der Waals surface area contributed by atoms with E-state index in [-0.39, 0.29) is 24.1 Å². The minimum atomic E-state index is -0.0816. The molecule has 226 valence electrons. The molecule has 0 N–H and O–H groups in total.